The Balaban J connectivity index is 0.000000322. The van der Waals surface area contributed by atoms with Crippen molar-refractivity contribution < 1.29 is 14.4 Å². The number of aromatic nitrogens is 2. The molecule has 124 valence electrons. The Morgan fingerprint density at radius 1 is 1.26 bits per heavy atom. The van der Waals surface area contributed by atoms with Crippen LogP contribution in [0.15, 0.2) is 48.2 Å². The third-order valence-corrected chi connectivity index (χ3v) is 2.43. The largest absolute Gasteiger partial charge is 0.461 e. The van der Waals surface area contributed by atoms with Gasteiger partial charge < -0.3 is 14.1 Å². The molecular formula is C16H21N3O4. The zero-order valence-corrected chi connectivity index (χ0v) is 13.7. The minimum absolute atomic E-state index is 0.325. The Morgan fingerprint density at radius 3 is 2.39 bits per heavy atom. The van der Waals surface area contributed by atoms with Crippen LogP contribution in [0.4, 0.5) is 0 Å². The second-order valence-corrected chi connectivity index (χ2v) is 5.50. The molecule has 0 radical (unpaired) electrons. The van der Waals surface area contributed by atoms with Gasteiger partial charge in [-0.2, -0.15) is 0 Å². The number of carbonyl (C=O) groups excluding carboxylic acids is 1. The molecule has 0 bridgehead atoms. The summed E-state index contributed by atoms with van der Waals surface area (Å²) >= 11 is 0. The van der Waals surface area contributed by atoms with Gasteiger partial charge in [0, 0.05) is 11.9 Å². The standard InChI is InChI=1S/C12H12N2O2.C4H9NO2/c1-2-16-12(15)11-8-14(9-13-11)10-6-4-3-5-7-10;1-4(2,3)7-5-6/h3-9H,2H2,1H3;1-3H3. The molecule has 23 heavy (non-hydrogen) atoms. The van der Waals surface area contributed by atoms with Crippen molar-refractivity contribution in [1.82, 2.24) is 9.55 Å². The number of benzene rings is 1. The lowest BCUT2D eigenvalue weighted by molar-refractivity contribution is -0.00230. The lowest BCUT2D eigenvalue weighted by atomic mass is 10.2. The van der Waals surface area contributed by atoms with Gasteiger partial charge in [-0.25, -0.2) is 9.78 Å². The molecule has 0 unspecified atom stereocenters. The topological polar surface area (TPSA) is 82.8 Å². The molecule has 1 aromatic carbocycles. The van der Waals surface area contributed by atoms with Gasteiger partial charge in [0.25, 0.3) is 0 Å². The summed E-state index contributed by atoms with van der Waals surface area (Å²) in [6, 6.07) is 9.68. The zero-order valence-electron chi connectivity index (χ0n) is 13.7. The molecule has 0 aliphatic carbocycles. The Kier molecular flexibility index (Phi) is 6.92. The van der Waals surface area contributed by atoms with E-state index >= 15 is 0 Å². The van der Waals surface area contributed by atoms with Gasteiger partial charge in [0.05, 0.1) is 6.61 Å². The van der Waals surface area contributed by atoms with E-state index < -0.39 is 11.6 Å². The highest BCUT2D eigenvalue weighted by Crippen LogP contribution is 2.08. The molecule has 0 spiro atoms. The van der Waals surface area contributed by atoms with Gasteiger partial charge in [-0.15, -0.1) is 4.91 Å². The molecule has 0 fully saturated rings. The third kappa shape index (κ3) is 6.73. The first-order valence-corrected chi connectivity index (χ1v) is 7.14. The van der Waals surface area contributed by atoms with Crippen molar-refractivity contribution >= 4 is 5.97 Å². The minimum Gasteiger partial charge on any atom is -0.461 e. The fourth-order valence-corrected chi connectivity index (χ4v) is 1.49. The monoisotopic (exact) mass is 319 g/mol. The van der Waals surface area contributed by atoms with Crippen LogP contribution in [0.25, 0.3) is 5.69 Å². The molecule has 7 heteroatoms. The first kappa shape index (κ1) is 18.3. The van der Waals surface area contributed by atoms with Gasteiger partial charge in [0.2, 0.25) is 0 Å². The fourth-order valence-electron chi connectivity index (χ4n) is 1.49. The lowest BCUT2D eigenvalue weighted by Gasteiger charge is -2.11. The summed E-state index contributed by atoms with van der Waals surface area (Å²) in [6.07, 6.45) is 3.26. The molecule has 0 saturated carbocycles. The first-order valence-electron chi connectivity index (χ1n) is 7.14. The zero-order chi connectivity index (χ0) is 17.3. The van der Waals surface area contributed by atoms with Crippen LogP contribution in [-0.2, 0) is 9.57 Å². The number of nitrogens with zero attached hydrogens (tertiary/aromatic N) is 3. The van der Waals surface area contributed by atoms with E-state index in [1.54, 1.807) is 44.8 Å². The molecule has 0 N–H and O–H groups in total. The van der Waals surface area contributed by atoms with Crippen LogP contribution in [0.5, 0.6) is 0 Å². The van der Waals surface area contributed by atoms with Crippen molar-refractivity contribution in [3.8, 4) is 5.69 Å². The smallest absolute Gasteiger partial charge is 0.358 e. The Bertz CT molecular complexity index is 618. The maximum atomic E-state index is 11.4. The summed E-state index contributed by atoms with van der Waals surface area (Å²) in [5.41, 5.74) is 0.859. The van der Waals surface area contributed by atoms with E-state index in [0.29, 0.717) is 12.3 Å². The summed E-state index contributed by atoms with van der Waals surface area (Å²) in [5.74, 6) is -0.391. The normalized spacial score (nSPS) is 10.3. The molecule has 7 nitrogen and oxygen atoms in total. The minimum atomic E-state index is -0.429. The third-order valence-electron chi connectivity index (χ3n) is 2.43. The molecule has 0 saturated heterocycles. The van der Waals surface area contributed by atoms with E-state index in [1.807, 2.05) is 30.3 Å². The number of esters is 1. The highest BCUT2D eigenvalue weighted by molar-refractivity contribution is 5.87. The predicted octanol–water partition coefficient (Wildman–Crippen LogP) is 3.53. The highest BCUT2D eigenvalue weighted by Gasteiger charge is 2.10. The summed E-state index contributed by atoms with van der Waals surface area (Å²) in [7, 11) is 0. The maximum Gasteiger partial charge on any atom is 0.358 e. The number of hydrogen-bond acceptors (Lipinski definition) is 6. The summed E-state index contributed by atoms with van der Waals surface area (Å²) in [4.78, 5) is 29.0. The number of hydrogen-bond donors (Lipinski definition) is 0. The first-order chi connectivity index (χ1) is 10.9. The van der Waals surface area contributed by atoms with Crippen LogP contribution in [0.2, 0.25) is 0 Å². The second-order valence-electron chi connectivity index (χ2n) is 5.50. The molecule has 0 amide bonds. The van der Waals surface area contributed by atoms with Crippen molar-refractivity contribution in [1.29, 1.82) is 0 Å². The average Bonchev–Trinajstić information content (AvgIpc) is 2.98. The Hall–Kier alpha value is -2.70. The van der Waals surface area contributed by atoms with Crippen molar-refractivity contribution in [3.63, 3.8) is 0 Å². The van der Waals surface area contributed by atoms with Gasteiger partial charge >= 0.3 is 5.97 Å². The second kappa shape index (κ2) is 8.67. The molecule has 1 aromatic heterocycles. The van der Waals surface area contributed by atoms with E-state index in [4.69, 9.17) is 4.74 Å². The number of carbonyl (C=O) groups is 1. The number of para-hydroxylation sites is 1. The predicted molar refractivity (Wildman–Crippen MR) is 86.2 cm³/mol. The van der Waals surface area contributed by atoms with Crippen LogP contribution in [0, 0.1) is 4.91 Å². The number of rotatable bonds is 4. The van der Waals surface area contributed by atoms with Gasteiger partial charge in [-0.05, 0) is 39.8 Å². The SMILES string of the molecule is CC(C)(C)ON=O.CCOC(=O)c1cn(-c2ccccc2)cn1. The molecular weight excluding hydrogens is 298 g/mol. The van der Waals surface area contributed by atoms with E-state index in [2.05, 4.69) is 15.2 Å². The number of imidazole rings is 1. The highest BCUT2D eigenvalue weighted by atomic mass is 16.7. The van der Waals surface area contributed by atoms with E-state index in [1.165, 1.54) is 0 Å². The molecule has 2 aromatic rings. The quantitative estimate of drug-likeness (QED) is 0.489. The van der Waals surface area contributed by atoms with Gasteiger partial charge in [0.15, 0.2) is 11.0 Å². The van der Waals surface area contributed by atoms with E-state index in [-0.39, 0.29) is 0 Å². The van der Waals surface area contributed by atoms with Crippen LogP contribution >= 0.6 is 0 Å². The molecule has 0 aliphatic rings. The van der Waals surface area contributed by atoms with Crippen LogP contribution in [0.3, 0.4) is 0 Å². The van der Waals surface area contributed by atoms with Gasteiger partial charge in [-0.1, -0.05) is 18.2 Å². The molecule has 0 aliphatic heterocycles. The fraction of sp³-hybridized carbons (Fsp3) is 0.375. The summed E-state index contributed by atoms with van der Waals surface area (Å²) in [6.45, 7) is 7.40. The van der Waals surface area contributed by atoms with Crippen molar-refractivity contribution in [2.24, 2.45) is 5.34 Å². The van der Waals surface area contributed by atoms with Crippen LogP contribution in [0.1, 0.15) is 38.2 Å². The maximum absolute atomic E-state index is 11.4. The number of ether oxygens (including phenoxy) is 1. The van der Waals surface area contributed by atoms with E-state index in [9.17, 15) is 9.70 Å². The average molecular weight is 319 g/mol. The van der Waals surface area contributed by atoms with Crippen LogP contribution in [-0.4, -0.2) is 27.7 Å². The Morgan fingerprint density at radius 2 is 1.91 bits per heavy atom. The summed E-state index contributed by atoms with van der Waals surface area (Å²) in [5, 5.41) is 2.26. The van der Waals surface area contributed by atoms with Crippen molar-refractivity contribution in [2.75, 3.05) is 6.61 Å². The molecule has 0 atom stereocenters. The van der Waals surface area contributed by atoms with Gasteiger partial charge in [-0.3, -0.25) is 0 Å². The lowest BCUT2D eigenvalue weighted by Crippen LogP contribution is -2.14. The van der Waals surface area contributed by atoms with Crippen LogP contribution < -0.4 is 0 Å². The molecule has 1 heterocycles. The van der Waals surface area contributed by atoms with Gasteiger partial charge in [0.1, 0.15) is 11.9 Å². The van der Waals surface area contributed by atoms with Crippen molar-refractivity contribution in [2.45, 2.75) is 33.3 Å². The molecule has 2 rings (SSSR count). The van der Waals surface area contributed by atoms with E-state index in [0.717, 1.165) is 5.69 Å². The Labute approximate surface area is 135 Å². The summed E-state index contributed by atoms with van der Waals surface area (Å²) < 4.78 is 6.65. The van der Waals surface area contributed by atoms with Crippen molar-refractivity contribution in [3.05, 3.63) is 53.5 Å².